The number of aromatic nitrogens is 3. The van der Waals surface area contributed by atoms with E-state index in [1.165, 1.54) is 12.1 Å². The molecule has 2 aliphatic rings. The molecule has 1 N–H and O–H groups in total. The maximum absolute atomic E-state index is 13.5. The molecule has 0 bridgehead atoms. The SMILES string of the molecule is CCOC(=O)C1CCN(C2(C)COC(c3nc(-c4ccc(F)cc4)c(-c4ccncc4)[nH]3)OC2)CC1. The lowest BCUT2D eigenvalue weighted by Crippen LogP contribution is -2.58. The van der Waals surface area contributed by atoms with Crippen LogP contribution < -0.4 is 0 Å². The largest absolute Gasteiger partial charge is 0.466 e. The Balaban J connectivity index is 1.30. The third-order valence-electron chi connectivity index (χ3n) is 7.00. The number of aromatic amines is 1. The van der Waals surface area contributed by atoms with E-state index in [9.17, 15) is 9.18 Å². The van der Waals surface area contributed by atoms with Gasteiger partial charge in [0.15, 0.2) is 5.82 Å². The lowest BCUT2D eigenvalue weighted by atomic mass is 9.91. The number of imidazole rings is 1. The van der Waals surface area contributed by atoms with Gasteiger partial charge in [-0.25, -0.2) is 9.37 Å². The van der Waals surface area contributed by atoms with E-state index >= 15 is 0 Å². The monoisotopic (exact) mass is 494 g/mol. The average molecular weight is 495 g/mol. The second-order valence-corrected chi connectivity index (χ2v) is 9.55. The number of esters is 1. The molecular weight excluding hydrogens is 463 g/mol. The van der Waals surface area contributed by atoms with E-state index in [1.54, 1.807) is 24.5 Å². The Morgan fingerprint density at radius 2 is 1.78 bits per heavy atom. The van der Waals surface area contributed by atoms with Gasteiger partial charge in [-0.3, -0.25) is 14.7 Å². The molecule has 2 aliphatic heterocycles. The van der Waals surface area contributed by atoms with Crippen LogP contribution in [0.3, 0.4) is 0 Å². The zero-order chi connectivity index (χ0) is 25.1. The van der Waals surface area contributed by atoms with Crippen molar-refractivity contribution < 1.29 is 23.4 Å². The van der Waals surface area contributed by atoms with Crippen LogP contribution in [0.15, 0.2) is 48.8 Å². The molecule has 3 aromatic rings. The lowest BCUT2D eigenvalue weighted by Gasteiger charge is -2.47. The van der Waals surface area contributed by atoms with Crippen molar-refractivity contribution in [1.29, 1.82) is 0 Å². The molecule has 0 atom stereocenters. The van der Waals surface area contributed by atoms with Gasteiger partial charge >= 0.3 is 5.97 Å². The van der Waals surface area contributed by atoms with Crippen LogP contribution in [0, 0.1) is 11.7 Å². The van der Waals surface area contributed by atoms with Crippen LogP contribution in [0.1, 0.15) is 38.8 Å². The lowest BCUT2D eigenvalue weighted by molar-refractivity contribution is -0.240. The van der Waals surface area contributed by atoms with Crippen LogP contribution in [0.2, 0.25) is 0 Å². The molecule has 2 saturated heterocycles. The number of hydrogen-bond acceptors (Lipinski definition) is 7. The van der Waals surface area contributed by atoms with Gasteiger partial charge in [0.05, 0.1) is 42.7 Å². The normalized spacial score (nSPS) is 23.5. The number of benzene rings is 1. The molecule has 36 heavy (non-hydrogen) atoms. The summed E-state index contributed by atoms with van der Waals surface area (Å²) in [5.74, 6) is 0.120. The number of H-pyrrole nitrogens is 1. The quantitative estimate of drug-likeness (QED) is 0.510. The maximum Gasteiger partial charge on any atom is 0.309 e. The van der Waals surface area contributed by atoms with Crippen LogP contribution in [-0.2, 0) is 19.0 Å². The minimum Gasteiger partial charge on any atom is -0.466 e. The third kappa shape index (κ3) is 5.04. The Labute approximate surface area is 209 Å². The summed E-state index contributed by atoms with van der Waals surface area (Å²) in [5, 5.41) is 0. The first-order valence-corrected chi connectivity index (χ1v) is 12.4. The van der Waals surface area contributed by atoms with Crippen molar-refractivity contribution >= 4 is 5.97 Å². The second kappa shape index (κ2) is 10.5. The van der Waals surface area contributed by atoms with Gasteiger partial charge in [0.25, 0.3) is 0 Å². The number of ether oxygens (including phenoxy) is 3. The summed E-state index contributed by atoms with van der Waals surface area (Å²) in [6.45, 7) is 6.90. The Kier molecular flexibility index (Phi) is 7.13. The molecule has 0 radical (unpaired) electrons. The fourth-order valence-corrected chi connectivity index (χ4v) is 4.90. The number of carbonyl (C=O) groups is 1. The van der Waals surface area contributed by atoms with Gasteiger partial charge < -0.3 is 19.2 Å². The van der Waals surface area contributed by atoms with Gasteiger partial charge in [0.2, 0.25) is 6.29 Å². The van der Waals surface area contributed by atoms with Crippen LogP contribution in [-0.4, -0.2) is 64.3 Å². The molecular formula is C27H31FN4O4. The van der Waals surface area contributed by atoms with Crippen LogP contribution in [0.5, 0.6) is 0 Å². The molecule has 8 nitrogen and oxygen atoms in total. The van der Waals surface area contributed by atoms with Crippen LogP contribution in [0.25, 0.3) is 22.5 Å². The molecule has 0 aliphatic carbocycles. The zero-order valence-corrected chi connectivity index (χ0v) is 20.6. The number of likely N-dealkylation sites (tertiary alicyclic amines) is 1. The second-order valence-electron chi connectivity index (χ2n) is 9.55. The number of rotatable bonds is 6. The molecule has 1 aromatic carbocycles. The van der Waals surface area contributed by atoms with Crippen molar-refractivity contribution in [1.82, 2.24) is 19.9 Å². The van der Waals surface area contributed by atoms with Crippen LogP contribution in [0.4, 0.5) is 4.39 Å². The first-order chi connectivity index (χ1) is 17.5. The fourth-order valence-electron chi connectivity index (χ4n) is 4.90. The summed E-state index contributed by atoms with van der Waals surface area (Å²) >= 11 is 0. The molecule has 4 heterocycles. The summed E-state index contributed by atoms with van der Waals surface area (Å²) in [5.41, 5.74) is 2.89. The first kappa shape index (κ1) is 24.5. The molecule has 0 spiro atoms. The van der Waals surface area contributed by atoms with Crippen molar-refractivity contribution in [2.75, 3.05) is 32.9 Å². The van der Waals surface area contributed by atoms with Crippen molar-refractivity contribution in [3.05, 3.63) is 60.4 Å². The summed E-state index contributed by atoms with van der Waals surface area (Å²) in [7, 11) is 0. The van der Waals surface area contributed by atoms with Crippen molar-refractivity contribution in [3.63, 3.8) is 0 Å². The highest BCUT2D eigenvalue weighted by molar-refractivity contribution is 5.78. The van der Waals surface area contributed by atoms with E-state index in [0.29, 0.717) is 31.3 Å². The molecule has 5 rings (SSSR count). The average Bonchev–Trinajstić information content (AvgIpc) is 3.36. The summed E-state index contributed by atoms with van der Waals surface area (Å²) in [4.78, 5) is 26.7. The van der Waals surface area contributed by atoms with E-state index < -0.39 is 6.29 Å². The van der Waals surface area contributed by atoms with Gasteiger partial charge in [0, 0.05) is 23.5 Å². The van der Waals surface area contributed by atoms with E-state index in [2.05, 4.69) is 21.8 Å². The number of halogens is 1. The fraction of sp³-hybridized carbons (Fsp3) is 0.444. The molecule has 0 saturated carbocycles. The number of piperidine rings is 1. The maximum atomic E-state index is 13.5. The number of carbonyl (C=O) groups excluding carboxylic acids is 1. The van der Waals surface area contributed by atoms with E-state index in [-0.39, 0.29) is 23.2 Å². The van der Waals surface area contributed by atoms with Crippen molar-refractivity contribution in [2.24, 2.45) is 5.92 Å². The Morgan fingerprint density at radius 1 is 1.11 bits per heavy atom. The van der Waals surface area contributed by atoms with Gasteiger partial charge in [-0.2, -0.15) is 0 Å². The van der Waals surface area contributed by atoms with Gasteiger partial charge in [-0.1, -0.05) is 0 Å². The summed E-state index contributed by atoms with van der Waals surface area (Å²) < 4.78 is 31.1. The van der Waals surface area contributed by atoms with Crippen molar-refractivity contribution in [2.45, 2.75) is 38.5 Å². The smallest absolute Gasteiger partial charge is 0.309 e. The Morgan fingerprint density at radius 3 is 2.42 bits per heavy atom. The standard InChI is InChI=1S/C27H31FN4O4/c1-3-34-25(33)20-10-14-32(15-11-20)27(2)16-35-26(36-17-27)24-30-22(18-4-6-21(28)7-5-18)23(31-24)19-8-12-29-13-9-19/h4-9,12-13,20,26H,3,10-11,14-17H2,1-2H3,(H,30,31). The highest BCUT2D eigenvalue weighted by Gasteiger charge is 2.41. The van der Waals surface area contributed by atoms with E-state index in [0.717, 1.165) is 42.8 Å². The van der Waals surface area contributed by atoms with E-state index in [4.69, 9.17) is 19.2 Å². The molecule has 2 fully saturated rings. The van der Waals surface area contributed by atoms with Crippen LogP contribution >= 0.6 is 0 Å². The minimum absolute atomic E-state index is 0.0393. The summed E-state index contributed by atoms with van der Waals surface area (Å²) in [6, 6.07) is 10.0. The molecule has 0 unspecified atom stereocenters. The zero-order valence-electron chi connectivity index (χ0n) is 20.6. The molecule has 9 heteroatoms. The first-order valence-electron chi connectivity index (χ1n) is 12.4. The predicted octanol–water partition coefficient (Wildman–Crippen LogP) is 4.36. The number of pyridine rings is 1. The Bertz CT molecular complexity index is 1170. The van der Waals surface area contributed by atoms with Gasteiger partial charge in [-0.15, -0.1) is 0 Å². The minimum atomic E-state index is -0.648. The van der Waals surface area contributed by atoms with E-state index in [1.807, 2.05) is 19.1 Å². The van der Waals surface area contributed by atoms with Gasteiger partial charge in [-0.05, 0) is 76.2 Å². The topological polar surface area (TPSA) is 89.6 Å². The number of nitrogens with zero attached hydrogens (tertiary/aromatic N) is 3. The molecule has 2 aromatic heterocycles. The third-order valence-corrected chi connectivity index (χ3v) is 7.00. The van der Waals surface area contributed by atoms with Crippen molar-refractivity contribution in [3.8, 4) is 22.5 Å². The predicted molar refractivity (Wildman–Crippen MR) is 131 cm³/mol. The molecule has 190 valence electrons. The number of nitrogens with one attached hydrogen (secondary N) is 1. The van der Waals surface area contributed by atoms with Gasteiger partial charge in [0.1, 0.15) is 5.82 Å². The Hall–Kier alpha value is -3.14. The highest BCUT2D eigenvalue weighted by Crippen LogP contribution is 2.36. The number of hydrogen-bond donors (Lipinski definition) is 1. The molecule has 0 amide bonds. The highest BCUT2D eigenvalue weighted by atomic mass is 19.1. The summed E-state index contributed by atoms with van der Waals surface area (Å²) in [6.07, 6.45) is 4.33.